The Bertz CT molecular complexity index is 455. The molecule has 1 aromatic rings. The van der Waals surface area contributed by atoms with Gasteiger partial charge in [-0.2, -0.15) is 0 Å². The molecule has 0 radical (unpaired) electrons. The molecule has 0 aromatic heterocycles. The van der Waals surface area contributed by atoms with Crippen LogP contribution in [0.5, 0.6) is 0 Å². The Labute approximate surface area is 128 Å². The molecule has 2 rings (SSSR count). The molecule has 3 unspecified atom stereocenters. The number of nitrogens with one attached hydrogen (secondary N) is 1. The highest BCUT2D eigenvalue weighted by Crippen LogP contribution is 2.30. The molecule has 1 saturated carbocycles. The van der Waals surface area contributed by atoms with Crippen molar-refractivity contribution in [3.8, 4) is 0 Å². The predicted molar refractivity (Wildman–Crippen MR) is 86.6 cm³/mol. The first kappa shape index (κ1) is 15.9. The first-order valence-corrected chi connectivity index (χ1v) is 8.14. The average molecular weight is 289 g/mol. The van der Waals surface area contributed by atoms with Gasteiger partial charge in [-0.05, 0) is 55.4 Å². The van der Waals surface area contributed by atoms with Gasteiger partial charge in [0, 0.05) is 11.7 Å². The van der Waals surface area contributed by atoms with Crippen molar-refractivity contribution in [2.24, 2.45) is 11.8 Å². The summed E-state index contributed by atoms with van der Waals surface area (Å²) in [6, 6.07) is 8.18. The van der Waals surface area contributed by atoms with E-state index in [2.05, 4.69) is 19.2 Å². The number of rotatable bonds is 5. The second-order valence-electron chi connectivity index (χ2n) is 6.36. The lowest BCUT2D eigenvalue weighted by atomic mass is 9.80. The maximum absolute atomic E-state index is 11.8. The van der Waals surface area contributed by atoms with Crippen molar-refractivity contribution in [1.82, 2.24) is 0 Å². The zero-order valence-electron chi connectivity index (χ0n) is 13.4. The molecular formula is C18H27NO2. The van der Waals surface area contributed by atoms with Crippen molar-refractivity contribution in [2.45, 2.75) is 52.5 Å². The third kappa shape index (κ3) is 4.48. The topological polar surface area (TPSA) is 38.3 Å². The fourth-order valence-electron chi connectivity index (χ4n) is 2.93. The lowest BCUT2D eigenvalue weighted by Crippen LogP contribution is -2.33. The van der Waals surface area contributed by atoms with Gasteiger partial charge in [-0.1, -0.05) is 27.2 Å². The van der Waals surface area contributed by atoms with Gasteiger partial charge in [0.1, 0.15) is 0 Å². The minimum atomic E-state index is -0.233. The van der Waals surface area contributed by atoms with Gasteiger partial charge in [-0.25, -0.2) is 4.79 Å². The Balaban J connectivity index is 1.94. The predicted octanol–water partition coefficient (Wildman–Crippen LogP) is 4.49. The van der Waals surface area contributed by atoms with Crippen LogP contribution in [0.25, 0.3) is 0 Å². The fraction of sp³-hybridized carbons (Fsp3) is 0.611. The zero-order chi connectivity index (χ0) is 15.2. The van der Waals surface area contributed by atoms with Gasteiger partial charge in [0.2, 0.25) is 0 Å². The maximum Gasteiger partial charge on any atom is 0.338 e. The van der Waals surface area contributed by atoms with Gasteiger partial charge in [-0.15, -0.1) is 0 Å². The zero-order valence-corrected chi connectivity index (χ0v) is 13.4. The molecule has 3 atom stereocenters. The standard InChI is InChI=1S/C18H27NO2/c1-4-11-21-18(20)15-7-9-16(10-8-15)19-17-12-13(2)5-6-14(17)3/h7-10,13-14,17,19H,4-6,11-12H2,1-3H3. The highest BCUT2D eigenvalue weighted by Gasteiger charge is 2.25. The van der Waals surface area contributed by atoms with Crippen LogP contribution in [0.3, 0.4) is 0 Å². The van der Waals surface area contributed by atoms with E-state index >= 15 is 0 Å². The van der Waals surface area contributed by atoms with Crippen LogP contribution in [0, 0.1) is 11.8 Å². The summed E-state index contributed by atoms with van der Waals surface area (Å²) in [7, 11) is 0. The van der Waals surface area contributed by atoms with E-state index in [0.717, 1.165) is 18.0 Å². The van der Waals surface area contributed by atoms with Crippen LogP contribution in [0.4, 0.5) is 5.69 Å². The number of hydrogen-bond donors (Lipinski definition) is 1. The minimum absolute atomic E-state index is 0.233. The molecule has 3 nitrogen and oxygen atoms in total. The lowest BCUT2D eigenvalue weighted by molar-refractivity contribution is 0.0505. The monoisotopic (exact) mass is 289 g/mol. The number of carbonyl (C=O) groups excluding carboxylic acids is 1. The lowest BCUT2D eigenvalue weighted by Gasteiger charge is -2.34. The molecule has 0 spiro atoms. The van der Waals surface area contributed by atoms with Crippen molar-refractivity contribution in [3.63, 3.8) is 0 Å². The third-order valence-electron chi connectivity index (χ3n) is 4.37. The normalized spacial score (nSPS) is 25.4. The summed E-state index contributed by atoms with van der Waals surface area (Å²) in [4.78, 5) is 11.8. The fourth-order valence-corrected chi connectivity index (χ4v) is 2.93. The molecule has 116 valence electrons. The van der Waals surface area contributed by atoms with E-state index in [9.17, 15) is 4.79 Å². The Morgan fingerprint density at radius 3 is 2.62 bits per heavy atom. The number of hydrogen-bond acceptors (Lipinski definition) is 3. The van der Waals surface area contributed by atoms with Crippen molar-refractivity contribution < 1.29 is 9.53 Å². The Morgan fingerprint density at radius 2 is 1.95 bits per heavy atom. The highest BCUT2D eigenvalue weighted by molar-refractivity contribution is 5.89. The van der Waals surface area contributed by atoms with Crippen LogP contribution in [0.1, 0.15) is 56.8 Å². The van der Waals surface area contributed by atoms with Crippen LogP contribution in [0.15, 0.2) is 24.3 Å². The molecule has 1 aliphatic rings. The summed E-state index contributed by atoms with van der Waals surface area (Å²) in [5.41, 5.74) is 1.71. The molecule has 1 aromatic carbocycles. The van der Waals surface area contributed by atoms with E-state index in [4.69, 9.17) is 4.74 Å². The number of ether oxygens (including phenoxy) is 1. The molecular weight excluding hydrogens is 262 g/mol. The van der Waals surface area contributed by atoms with Crippen molar-refractivity contribution in [2.75, 3.05) is 11.9 Å². The summed E-state index contributed by atoms with van der Waals surface area (Å²) < 4.78 is 5.14. The molecule has 1 fully saturated rings. The van der Waals surface area contributed by atoms with Gasteiger partial charge in [-0.3, -0.25) is 0 Å². The summed E-state index contributed by atoms with van der Waals surface area (Å²) in [5.74, 6) is 1.26. The third-order valence-corrected chi connectivity index (χ3v) is 4.37. The second kappa shape index (κ2) is 7.48. The smallest absolute Gasteiger partial charge is 0.338 e. The highest BCUT2D eigenvalue weighted by atomic mass is 16.5. The molecule has 0 aliphatic heterocycles. The van der Waals surface area contributed by atoms with E-state index in [1.807, 2.05) is 31.2 Å². The van der Waals surface area contributed by atoms with Crippen molar-refractivity contribution in [1.29, 1.82) is 0 Å². The Morgan fingerprint density at radius 1 is 1.24 bits per heavy atom. The SMILES string of the molecule is CCCOC(=O)c1ccc(NC2CC(C)CCC2C)cc1. The van der Waals surface area contributed by atoms with Gasteiger partial charge >= 0.3 is 5.97 Å². The molecule has 1 N–H and O–H groups in total. The largest absolute Gasteiger partial charge is 0.462 e. The number of benzene rings is 1. The molecule has 0 heterocycles. The Kier molecular flexibility index (Phi) is 5.66. The molecule has 0 amide bonds. The first-order valence-electron chi connectivity index (χ1n) is 8.14. The Hall–Kier alpha value is -1.51. The van der Waals surface area contributed by atoms with Crippen LogP contribution >= 0.6 is 0 Å². The van der Waals surface area contributed by atoms with E-state index in [1.165, 1.54) is 19.3 Å². The second-order valence-corrected chi connectivity index (χ2v) is 6.36. The van der Waals surface area contributed by atoms with Crippen molar-refractivity contribution in [3.05, 3.63) is 29.8 Å². The van der Waals surface area contributed by atoms with Crippen molar-refractivity contribution >= 4 is 11.7 Å². The minimum Gasteiger partial charge on any atom is -0.462 e. The van der Waals surface area contributed by atoms with Gasteiger partial charge in [0.05, 0.1) is 12.2 Å². The molecule has 3 heteroatoms. The van der Waals surface area contributed by atoms with Gasteiger partial charge in [0.25, 0.3) is 0 Å². The van der Waals surface area contributed by atoms with E-state index < -0.39 is 0 Å². The quantitative estimate of drug-likeness (QED) is 0.812. The van der Waals surface area contributed by atoms with E-state index in [1.54, 1.807) is 0 Å². The van der Waals surface area contributed by atoms with E-state index in [0.29, 0.717) is 24.1 Å². The van der Waals surface area contributed by atoms with Crippen LogP contribution in [0.2, 0.25) is 0 Å². The molecule has 0 bridgehead atoms. The van der Waals surface area contributed by atoms with Crippen LogP contribution in [-0.4, -0.2) is 18.6 Å². The molecule has 0 saturated heterocycles. The summed E-state index contributed by atoms with van der Waals surface area (Å²) >= 11 is 0. The average Bonchev–Trinajstić information content (AvgIpc) is 2.49. The molecule has 21 heavy (non-hydrogen) atoms. The molecule has 1 aliphatic carbocycles. The van der Waals surface area contributed by atoms with Gasteiger partial charge < -0.3 is 10.1 Å². The summed E-state index contributed by atoms with van der Waals surface area (Å²) in [6.07, 6.45) is 4.70. The van der Waals surface area contributed by atoms with Gasteiger partial charge in [0.15, 0.2) is 0 Å². The number of anilines is 1. The first-order chi connectivity index (χ1) is 10.1. The summed E-state index contributed by atoms with van der Waals surface area (Å²) in [6.45, 7) is 7.12. The van der Waals surface area contributed by atoms with E-state index in [-0.39, 0.29) is 5.97 Å². The number of carbonyl (C=O) groups is 1. The maximum atomic E-state index is 11.8. The van der Waals surface area contributed by atoms with Crippen LogP contribution in [-0.2, 0) is 4.74 Å². The summed E-state index contributed by atoms with van der Waals surface area (Å²) in [5, 5.41) is 3.62. The number of esters is 1. The van der Waals surface area contributed by atoms with Crippen LogP contribution < -0.4 is 5.32 Å².